The summed E-state index contributed by atoms with van der Waals surface area (Å²) in [5.74, 6) is -2.20. The topological polar surface area (TPSA) is 105 Å². The number of benzene rings is 1. The van der Waals surface area contributed by atoms with E-state index < -0.39 is 29.9 Å². The second kappa shape index (κ2) is 8.70. The number of hydrogen-bond donors (Lipinski definition) is 2. The lowest BCUT2D eigenvalue weighted by atomic mass is 10.1. The number of rotatable bonds is 5. The predicted octanol–water partition coefficient (Wildman–Crippen LogP) is 1.15. The van der Waals surface area contributed by atoms with Gasteiger partial charge in [0.25, 0.3) is 5.91 Å². The van der Waals surface area contributed by atoms with Crippen molar-refractivity contribution in [2.24, 2.45) is 5.92 Å². The van der Waals surface area contributed by atoms with Gasteiger partial charge in [0.2, 0.25) is 5.91 Å². The number of nitrogens with one attached hydrogen (secondary N) is 2. The Morgan fingerprint density at radius 3 is 2.73 bits per heavy atom. The van der Waals surface area contributed by atoms with Crippen molar-refractivity contribution in [2.75, 3.05) is 24.7 Å². The van der Waals surface area contributed by atoms with Crippen LogP contribution >= 0.6 is 11.8 Å². The van der Waals surface area contributed by atoms with Gasteiger partial charge in [-0.05, 0) is 31.4 Å². The number of carbonyl (C=O) groups is 4. The molecule has 8 nitrogen and oxygen atoms in total. The number of imide groups is 1. The van der Waals surface area contributed by atoms with Gasteiger partial charge in [-0.15, -0.1) is 11.8 Å². The third-order valence-electron chi connectivity index (χ3n) is 3.95. The van der Waals surface area contributed by atoms with Gasteiger partial charge in [-0.3, -0.25) is 19.7 Å². The zero-order valence-corrected chi connectivity index (χ0v) is 15.6. The van der Waals surface area contributed by atoms with Crippen molar-refractivity contribution in [1.82, 2.24) is 10.6 Å². The summed E-state index contributed by atoms with van der Waals surface area (Å²) >= 11 is 1.56. The Hall–Kier alpha value is -2.55. The van der Waals surface area contributed by atoms with Crippen molar-refractivity contribution in [3.8, 4) is 0 Å². The van der Waals surface area contributed by atoms with E-state index in [0.29, 0.717) is 0 Å². The molecule has 1 aliphatic heterocycles. The molecule has 1 aliphatic rings. The van der Waals surface area contributed by atoms with E-state index in [1.807, 2.05) is 35.8 Å². The Morgan fingerprint density at radius 2 is 2.08 bits per heavy atom. The molecule has 0 radical (unpaired) electrons. The van der Waals surface area contributed by atoms with E-state index in [1.165, 1.54) is 14.0 Å². The molecule has 140 valence electrons. The zero-order chi connectivity index (χ0) is 19.3. The number of ether oxygens (including phenoxy) is 1. The maximum atomic E-state index is 12.3. The van der Waals surface area contributed by atoms with Gasteiger partial charge in [0.15, 0.2) is 6.10 Å². The van der Waals surface area contributed by atoms with E-state index in [4.69, 9.17) is 4.74 Å². The number of anilines is 1. The normalized spacial score (nSPS) is 17.6. The van der Waals surface area contributed by atoms with Gasteiger partial charge in [0.1, 0.15) is 0 Å². The first kappa shape index (κ1) is 19.8. The molecule has 0 aliphatic carbocycles. The lowest BCUT2D eigenvalue weighted by molar-refractivity contribution is -0.158. The summed E-state index contributed by atoms with van der Waals surface area (Å²) in [6.07, 6.45) is 0.825. The standard InChI is InChI=1S/C17H21N3O5S/c1-10(15(22)19-17(24)18-2)25-16(23)11-7-14(21)20(9-11)12-5-4-6-13(8-12)26-3/h4-6,8,10-11H,7,9H2,1-3H3,(H2,18,19,22,24)/t10-,11+/m1/s1. The Labute approximate surface area is 155 Å². The van der Waals surface area contributed by atoms with Gasteiger partial charge < -0.3 is 15.0 Å². The highest BCUT2D eigenvalue weighted by molar-refractivity contribution is 7.98. The van der Waals surface area contributed by atoms with E-state index in [9.17, 15) is 19.2 Å². The summed E-state index contributed by atoms with van der Waals surface area (Å²) < 4.78 is 5.10. The highest BCUT2D eigenvalue weighted by Crippen LogP contribution is 2.28. The molecule has 0 aromatic heterocycles. The zero-order valence-electron chi connectivity index (χ0n) is 14.8. The Morgan fingerprint density at radius 1 is 1.35 bits per heavy atom. The highest BCUT2D eigenvalue weighted by Gasteiger charge is 2.37. The Bertz CT molecular complexity index is 724. The molecule has 1 fully saturated rings. The van der Waals surface area contributed by atoms with Gasteiger partial charge in [0.05, 0.1) is 5.92 Å². The molecule has 1 aromatic rings. The minimum absolute atomic E-state index is 0.0200. The van der Waals surface area contributed by atoms with E-state index in [-0.39, 0.29) is 18.9 Å². The summed E-state index contributed by atoms with van der Waals surface area (Å²) in [7, 11) is 1.37. The van der Waals surface area contributed by atoms with Crippen molar-refractivity contribution in [3.63, 3.8) is 0 Å². The minimum atomic E-state index is -1.14. The average molecular weight is 379 g/mol. The smallest absolute Gasteiger partial charge is 0.321 e. The molecule has 1 saturated heterocycles. The van der Waals surface area contributed by atoms with Crippen molar-refractivity contribution in [1.29, 1.82) is 0 Å². The van der Waals surface area contributed by atoms with Crippen molar-refractivity contribution < 1.29 is 23.9 Å². The molecule has 4 amide bonds. The third kappa shape index (κ3) is 4.75. The fourth-order valence-corrected chi connectivity index (χ4v) is 2.95. The molecule has 2 atom stereocenters. The first-order chi connectivity index (χ1) is 12.3. The molecule has 0 saturated carbocycles. The third-order valence-corrected chi connectivity index (χ3v) is 4.67. The number of carbonyl (C=O) groups excluding carboxylic acids is 4. The van der Waals surface area contributed by atoms with Crippen LogP contribution in [-0.4, -0.2) is 49.8 Å². The summed E-state index contributed by atoms with van der Waals surface area (Å²) in [6, 6.07) is 6.80. The van der Waals surface area contributed by atoms with Crippen LogP contribution < -0.4 is 15.5 Å². The molecule has 1 heterocycles. The highest BCUT2D eigenvalue weighted by atomic mass is 32.2. The van der Waals surface area contributed by atoms with E-state index >= 15 is 0 Å². The Balaban J connectivity index is 1.97. The van der Waals surface area contributed by atoms with Crippen LogP contribution in [0.5, 0.6) is 0 Å². The number of amides is 4. The van der Waals surface area contributed by atoms with Crippen molar-refractivity contribution in [3.05, 3.63) is 24.3 Å². The lowest BCUT2D eigenvalue weighted by Crippen LogP contribution is -2.44. The summed E-state index contributed by atoms with van der Waals surface area (Å²) in [5.41, 5.74) is 0.725. The number of thioether (sulfide) groups is 1. The molecule has 9 heteroatoms. The predicted molar refractivity (Wildman–Crippen MR) is 96.8 cm³/mol. The van der Waals surface area contributed by atoms with Crippen LogP contribution in [-0.2, 0) is 19.1 Å². The number of nitrogens with zero attached hydrogens (tertiary/aromatic N) is 1. The van der Waals surface area contributed by atoms with Crippen LogP contribution in [0.4, 0.5) is 10.5 Å². The molecule has 0 unspecified atom stereocenters. The summed E-state index contributed by atoms with van der Waals surface area (Å²) in [6.45, 7) is 1.56. The minimum Gasteiger partial charge on any atom is -0.452 e. The second-order valence-corrected chi connectivity index (χ2v) is 6.63. The van der Waals surface area contributed by atoms with E-state index in [2.05, 4.69) is 5.32 Å². The molecule has 2 N–H and O–H groups in total. The lowest BCUT2D eigenvalue weighted by Gasteiger charge is -2.18. The Kier molecular flexibility index (Phi) is 6.62. The van der Waals surface area contributed by atoms with Crippen LogP contribution in [0.15, 0.2) is 29.2 Å². The van der Waals surface area contributed by atoms with Gasteiger partial charge in [-0.2, -0.15) is 0 Å². The van der Waals surface area contributed by atoms with Crippen LogP contribution in [0, 0.1) is 5.92 Å². The van der Waals surface area contributed by atoms with Gasteiger partial charge in [0, 0.05) is 30.6 Å². The summed E-state index contributed by atoms with van der Waals surface area (Å²) in [4.78, 5) is 50.0. The van der Waals surface area contributed by atoms with Crippen molar-refractivity contribution in [2.45, 2.75) is 24.3 Å². The monoisotopic (exact) mass is 379 g/mol. The van der Waals surface area contributed by atoms with Crippen LogP contribution in [0.1, 0.15) is 13.3 Å². The fraction of sp³-hybridized carbons (Fsp3) is 0.412. The van der Waals surface area contributed by atoms with Gasteiger partial charge in [-0.1, -0.05) is 6.07 Å². The number of esters is 1. The maximum absolute atomic E-state index is 12.3. The fourth-order valence-electron chi connectivity index (χ4n) is 2.49. The second-order valence-electron chi connectivity index (χ2n) is 5.75. The number of hydrogen-bond acceptors (Lipinski definition) is 6. The molecular weight excluding hydrogens is 358 g/mol. The quantitative estimate of drug-likeness (QED) is 0.587. The van der Waals surface area contributed by atoms with Crippen LogP contribution in [0.2, 0.25) is 0 Å². The molecule has 0 bridgehead atoms. The average Bonchev–Trinajstić information content (AvgIpc) is 3.03. The first-order valence-electron chi connectivity index (χ1n) is 8.03. The largest absolute Gasteiger partial charge is 0.452 e. The molecule has 26 heavy (non-hydrogen) atoms. The molecule has 2 rings (SSSR count). The molecular formula is C17H21N3O5S. The van der Waals surface area contributed by atoms with E-state index in [0.717, 1.165) is 10.6 Å². The summed E-state index contributed by atoms with van der Waals surface area (Å²) in [5, 5.41) is 4.27. The van der Waals surface area contributed by atoms with Crippen molar-refractivity contribution >= 4 is 41.3 Å². The van der Waals surface area contributed by atoms with Crippen LogP contribution in [0.3, 0.4) is 0 Å². The molecule has 1 aromatic carbocycles. The number of urea groups is 1. The molecule has 0 spiro atoms. The maximum Gasteiger partial charge on any atom is 0.321 e. The van der Waals surface area contributed by atoms with Gasteiger partial charge in [-0.25, -0.2) is 4.79 Å². The van der Waals surface area contributed by atoms with Gasteiger partial charge >= 0.3 is 12.0 Å². The SMILES string of the molecule is CNC(=O)NC(=O)[C@@H](C)OC(=O)[C@H]1CC(=O)N(c2cccc(SC)c2)C1. The first-order valence-corrected chi connectivity index (χ1v) is 9.25. The van der Waals surface area contributed by atoms with E-state index in [1.54, 1.807) is 16.7 Å². The van der Waals surface area contributed by atoms with Crippen LogP contribution in [0.25, 0.3) is 0 Å².